The van der Waals surface area contributed by atoms with Crippen molar-refractivity contribution < 1.29 is 4.79 Å². The average molecular weight is 308 g/mol. The van der Waals surface area contributed by atoms with Crippen molar-refractivity contribution in [1.82, 2.24) is 4.98 Å². The van der Waals surface area contributed by atoms with Crippen LogP contribution in [-0.4, -0.2) is 10.9 Å². The third-order valence-electron chi connectivity index (χ3n) is 2.88. The van der Waals surface area contributed by atoms with Crippen molar-refractivity contribution in [2.45, 2.75) is 27.7 Å². The number of anilines is 1. The summed E-state index contributed by atoms with van der Waals surface area (Å²) in [5.41, 5.74) is 2.25. The second-order valence-corrected chi connectivity index (χ2v) is 4.24. The topological polar surface area (TPSA) is 42.0 Å². The van der Waals surface area contributed by atoms with E-state index in [4.69, 9.17) is 0 Å². The van der Waals surface area contributed by atoms with Crippen LogP contribution in [0.25, 0.3) is 10.9 Å². The van der Waals surface area contributed by atoms with Crippen molar-refractivity contribution in [2.24, 2.45) is 0 Å². The molecule has 0 fully saturated rings. The number of nitrogens with one attached hydrogen (secondary N) is 1. The van der Waals surface area contributed by atoms with Crippen LogP contribution in [0.15, 0.2) is 66.9 Å². The molecule has 23 heavy (non-hydrogen) atoms. The van der Waals surface area contributed by atoms with Crippen molar-refractivity contribution in [3.8, 4) is 0 Å². The largest absolute Gasteiger partial charge is 0.321 e. The predicted octanol–water partition coefficient (Wildman–Crippen LogP) is 5.54. The number of aromatic nitrogens is 1. The molecule has 0 aliphatic rings. The van der Waals surface area contributed by atoms with Crippen LogP contribution in [0.5, 0.6) is 0 Å². The standard InChI is InChI=1S/C16H12N2O.2C2H6/c19-16(12-6-2-1-3-7-12)18-14-10-13-8-4-5-9-15(13)17-11-14;2*1-2/h1-11H,(H,18,19);2*1-2H3. The molecule has 3 heteroatoms. The van der Waals surface area contributed by atoms with E-state index >= 15 is 0 Å². The number of carbonyl (C=O) groups is 1. The highest BCUT2D eigenvalue weighted by Gasteiger charge is 2.05. The van der Waals surface area contributed by atoms with Crippen LogP contribution in [0, 0.1) is 0 Å². The van der Waals surface area contributed by atoms with Crippen molar-refractivity contribution >= 4 is 22.5 Å². The Hall–Kier alpha value is -2.68. The number of nitrogens with zero attached hydrogens (tertiary/aromatic N) is 1. The van der Waals surface area contributed by atoms with Crippen LogP contribution in [0.3, 0.4) is 0 Å². The zero-order chi connectivity index (χ0) is 17.1. The summed E-state index contributed by atoms with van der Waals surface area (Å²) in [4.78, 5) is 16.3. The molecular weight excluding hydrogens is 284 g/mol. The molecule has 0 unspecified atom stereocenters. The lowest BCUT2D eigenvalue weighted by Crippen LogP contribution is -2.11. The number of amides is 1. The highest BCUT2D eigenvalue weighted by molar-refractivity contribution is 6.04. The van der Waals surface area contributed by atoms with Crippen molar-refractivity contribution in [2.75, 3.05) is 5.32 Å². The Bertz CT molecular complexity index is 724. The van der Waals surface area contributed by atoms with Gasteiger partial charge in [0.05, 0.1) is 17.4 Å². The summed E-state index contributed by atoms with van der Waals surface area (Å²) in [5.74, 6) is -0.127. The number of pyridine rings is 1. The summed E-state index contributed by atoms with van der Waals surface area (Å²) in [6, 6.07) is 18.9. The molecular formula is C20H24N2O. The lowest BCUT2D eigenvalue weighted by Gasteiger charge is -2.05. The minimum atomic E-state index is -0.127. The third-order valence-corrected chi connectivity index (χ3v) is 2.88. The minimum Gasteiger partial charge on any atom is -0.321 e. The highest BCUT2D eigenvalue weighted by Crippen LogP contribution is 2.16. The predicted molar refractivity (Wildman–Crippen MR) is 98.8 cm³/mol. The first-order chi connectivity index (χ1) is 11.3. The zero-order valence-electron chi connectivity index (χ0n) is 14.2. The number of carbonyl (C=O) groups excluding carboxylic acids is 1. The number of rotatable bonds is 2. The van der Waals surface area contributed by atoms with E-state index in [1.54, 1.807) is 18.3 Å². The normalized spacial score (nSPS) is 9.04. The van der Waals surface area contributed by atoms with E-state index in [0.29, 0.717) is 11.3 Å². The second kappa shape index (κ2) is 10.1. The van der Waals surface area contributed by atoms with Crippen LogP contribution in [0.4, 0.5) is 5.69 Å². The molecule has 1 amide bonds. The highest BCUT2D eigenvalue weighted by atomic mass is 16.1. The molecule has 2 aromatic carbocycles. The number of para-hydroxylation sites is 1. The molecule has 1 heterocycles. The summed E-state index contributed by atoms with van der Waals surface area (Å²) in [5, 5.41) is 3.86. The van der Waals surface area contributed by atoms with Gasteiger partial charge in [0.1, 0.15) is 0 Å². The summed E-state index contributed by atoms with van der Waals surface area (Å²) in [6.45, 7) is 8.00. The summed E-state index contributed by atoms with van der Waals surface area (Å²) < 4.78 is 0. The fourth-order valence-corrected chi connectivity index (χ4v) is 1.93. The van der Waals surface area contributed by atoms with Crippen molar-refractivity contribution in [1.29, 1.82) is 0 Å². The van der Waals surface area contributed by atoms with E-state index in [1.165, 1.54) is 0 Å². The molecule has 1 aromatic heterocycles. The average Bonchev–Trinajstić information content (AvgIpc) is 2.65. The van der Waals surface area contributed by atoms with Gasteiger partial charge < -0.3 is 5.32 Å². The van der Waals surface area contributed by atoms with Gasteiger partial charge in [-0.15, -0.1) is 0 Å². The lowest BCUT2D eigenvalue weighted by atomic mass is 10.2. The van der Waals surface area contributed by atoms with Gasteiger partial charge in [0.25, 0.3) is 5.91 Å². The number of hydrogen-bond acceptors (Lipinski definition) is 2. The van der Waals surface area contributed by atoms with Gasteiger partial charge >= 0.3 is 0 Å². The van der Waals surface area contributed by atoms with Gasteiger partial charge in [-0.25, -0.2) is 0 Å². The molecule has 0 bridgehead atoms. The molecule has 0 spiro atoms. The Balaban J connectivity index is 0.000000615. The molecule has 0 radical (unpaired) electrons. The minimum absolute atomic E-state index is 0.127. The SMILES string of the molecule is CC.CC.O=C(Nc1cnc2ccccc2c1)c1ccccc1. The second-order valence-electron chi connectivity index (χ2n) is 4.24. The van der Waals surface area contributed by atoms with Gasteiger partial charge in [0.2, 0.25) is 0 Å². The molecule has 0 aliphatic heterocycles. The van der Waals surface area contributed by atoms with Gasteiger partial charge in [0, 0.05) is 10.9 Å². The molecule has 120 valence electrons. The zero-order valence-corrected chi connectivity index (χ0v) is 14.2. The molecule has 0 aliphatic carbocycles. The molecule has 0 saturated carbocycles. The summed E-state index contributed by atoms with van der Waals surface area (Å²) in [7, 11) is 0. The molecule has 3 aromatic rings. The number of fused-ring (bicyclic) bond motifs is 1. The number of benzene rings is 2. The van der Waals surface area contributed by atoms with Crippen LogP contribution < -0.4 is 5.32 Å². The maximum Gasteiger partial charge on any atom is 0.255 e. The van der Waals surface area contributed by atoms with Gasteiger partial charge in [0.15, 0.2) is 0 Å². The molecule has 0 atom stereocenters. The van der Waals surface area contributed by atoms with Crippen LogP contribution in [0.2, 0.25) is 0 Å². The van der Waals surface area contributed by atoms with Gasteiger partial charge in [-0.05, 0) is 24.3 Å². The van der Waals surface area contributed by atoms with Crippen molar-refractivity contribution in [3.05, 3.63) is 72.4 Å². The summed E-state index contributed by atoms with van der Waals surface area (Å²) >= 11 is 0. The van der Waals surface area contributed by atoms with Crippen LogP contribution >= 0.6 is 0 Å². The van der Waals surface area contributed by atoms with Gasteiger partial charge in [-0.2, -0.15) is 0 Å². The fraction of sp³-hybridized carbons (Fsp3) is 0.200. The molecule has 3 nitrogen and oxygen atoms in total. The Labute approximate surface area is 138 Å². The Morgan fingerprint density at radius 2 is 1.48 bits per heavy atom. The van der Waals surface area contributed by atoms with Crippen molar-refractivity contribution in [3.63, 3.8) is 0 Å². The van der Waals surface area contributed by atoms with E-state index < -0.39 is 0 Å². The molecule has 1 N–H and O–H groups in total. The lowest BCUT2D eigenvalue weighted by molar-refractivity contribution is 0.102. The molecule has 3 rings (SSSR count). The first kappa shape index (κ1) is 18.4. The number of hydrogen-bond donors (Lipinski definition) is 1. The van der Waals surface area contributed by atoms with E-state index in [-0.39, 0.29) is 5.91 Å². The van der Waals surface area contributed by atoms with E-state index in [2.05, 4.69) is 10.3 Å². The van der Waals surface area contributed by atoms with E-state index in [9.17, 15) is 4.79 Å². The summed E-state index contributed by atoms with van der Waals surface area (Å²) in [6.07, 6.45) is 1.67. The van der Waals surface area contributed by atoms with E-state index in [0.717, 1.165) is 10.9 Å². The van der Waals surface area contributed by atoms with Crippen LogP contribution in [0.1, 0.15) is 38.1 Å². The maximum atomic E-state index is 12.0. The Morgan fingerprint density at radius 3 is 2.17 bits per heavy atom. The first-order valence-electron chi connectivity index (χ1n) is 8.04. The maximum absolute atomic E-state index is 12.0. The first-order valence-corrected chi connectivity index (χ1v) is 8.04. The van der Waals surface area contributed by atoms with Gasteiger partial charge in [-0.1, -0.05) is 64.1 Å². The Kier molecular flexibility index (Phi) is 8.08. The quantitative estimate of drug-likeness (QED) is 0.675. The van der Waals surface area contributed by atoms with E-state index in [1.807, 2.05) is 76.2 Å². The monoisotopic (exact) mass is 308 g/mol. The molecule has 0 saturated heterocycles. The van der Waals surface area contributed by atoms with Gasteiger partial charge in [-0.3, -0.25) is 9.78 Å². The Morgan fingerprint density at radius 1 is 0.870 bits per heavy atom. The van der Waals surface area contributed by atoms with Crippen LogP contribution in [-0.2, 0) is 0 Å². The third kappa shape index (κ3) is 5.22. The fourth-order valence-electron chi connectivity index (χ4n) is 1.93. The smallest absolute Gasteiger partial charge is 0.255 e.